The Labute approximate surface area is 117 Å². The van der Waals surface area contributed by atoms with Gasteiger partial charge in [0, 0.05) is 11.6 Å². The lowest BCUT2D eigenvalue weighted by Crippen LogP contribution is -2.08. The van der Waals surface area contributed by atoms with E-state index in [4.69, 9.17) is 0 Å². The summed E-state index contributed by atoms with van der Waals surface area (Å²) >= 11 is 0. The second-order valence-electron chi connectivity index (χ2n) is 4.65. The maximum absolute atomic E-state index is 13.7. The van der Waals surface area contributed by atoms with Crippen LogP contribution in [0.4, 0.5) is 8.78 Å². The molecular formula is C17H16F2O. The highest BCUT2D eigenvalue weighted by Crippen LogP contribution is 2.20. The molecule has 2 aromatic rings. The van der Waals surface area contributed by atoms with Crippen molar-refractivity contribution in [2.24, 2.45) is 0 Å². The number of aryl methyl sites for hydroxylation is 2. The monoisotopic (exact) mass is 274 g/mol. The van der Waals surface area contributed by atoms with Crippen LogP contribution in [0.5, 0.6) is 0 Å². The molecule has 2 aromatic carbocycles. The molecule has 3 heteroatoms. The average molecular weight is 274 g/mol. The molecule has 0 aliphatic heterocycles. The van der Waals surface area contributed by atoms with Crippen LogP contribution in [0.25, 0.3) is 0 Å². The standard InChI is InChI=1S/C17H16F2O/c1-3-11-5-6-12(4-2)15(9-11)17(20)14-8-7-13(18)10-16(14)19/h5-10H,3-4H2,1-2H3. The summed E-state index contributed by atoms with van der Waals surface area (Å²) in [6.07, 6.45) is 1.49. The van der Waals surface area contributed by atoms with Crippen molar-refractivity contribution in [3.05, 3.63) is 70.3 Å². The molecule has 2 rings (SSSR count). The molecule has 0 aliphatic rings. The summed E-state index contributed by atoms with van der Waals surface area (Å²) in [7, 11) is 0. The Morgan fingerprint density at radius 1 is 0.950 bits per heavy atom. The fourth-order valence-corrected chi connectivity index (χ4v) is 2.18. The van der Waals surface area contributed by atoms with Gasteiger partial charge in [-0.1, -0.05) is 26.0 Å². The Morgan fingerprint density at radius 2 is 1.70 bits per heavy atom. The molecule has 0 aliphatic carbocycles. The molecule has 1 nitrogen and oxygen atoms in total. The smallest absolute Gasteiger partial charge is 0.196 e. The number of hydrogen-bond donors (Lipinski definition) is 0. The van der Waals surface area contributed by atoms with Gasteiger partial charge < -0.3 is 0 Å². The number of halogens is 2. The van der Waals surface area contributed by atoms with E-state index in [-0.39, 0.29) is 5.56 Å². The number of carbonyl (C=O) groups is 1. The van der Waals surface area contributed by atoms with Crippen molar-refractivity contribution < 1.29 is 13.6 Å². The van der Waals surface area contributed by atoms with Gasteiger partial charge in [0.1, 0.15) is 11.6 Å². The van der Waals surface area contributed by atoms with E-state index in [1.807, 2.05) is 26.0 Å². The average Bonchev–Trinajstić information content (AvgIpc) is 2.46. The van der Waals surface area contributed by atoms with E-state index in [2.05, 4.69) is 0 Å². The van der Waals surface area contributed by atoms with Crippen LogP contribution >= 0.6 is 0 Å². The van der Waals surface area contributed by atoms with Crippen LogP contribution in [0.15, 0.2) is 36.4 Å². The van der Waals surface area contributed by atoms with E-state index in [9.17, 15) is 13.6 Å². The third kappa shape index (κ3) is 2.77. The largest absolute Gasteiger partial charge is 0.288 e. The molecule has 104 valence electrons. The van der Waals surface area contributed by atoms with Gasteiger partial charge in [-0.05, 0) is 42.2 Å². The zero-order chi connectivity index (χ0) is 14.7. The van der Waals surface area contributed by atoms with Crippen LogP contribution in [0.1, 0.15) is 40.9 Å². The molecule has 0 aromatic heterocycles. The molecule has 0 bridgehead atoms. The lowest BCUT2D eigenvalue weighted by molar-refractivity contribution is 0.103. The van der Waals surface area contributed by atoms with Gasteiger partial charge in [-0.25, -0.2) is 8.78 Å². The fraction of sp³-hybridized carbons (Fsp3) is 0.235. The van der Waals surface area contributed by atoms with Crippen molar-refractivity contribution >= 4 is 5.78 Å². The van der Waals surface area contributed by atoms with Crippen molar-refractivity contribution in [2.45, 2.75) is 26.7 Å². The van der Waals surface area contributed by atoms with E-state index in [1.54, 1.807) is 6.07 Å². The Balaban J connectivity index is 2.51. The molecular weight excluding hydrogens is 258 g/mol. The van der Waals surface area contributed by atoms with Crippen LogP contribution < -0.4 is 0 Å². The molecule has 0 heterocycles. The Hall–Kier alpha value is -2.03. The highest BCUT2D eigenvalue weighted by Gasteiger charge is 2.17. The van der Waals surface area contributed by atoms with Crippen molar-refractivity contribution in [3.63, 3.8) is 0 Å². The number of rotatable bonds is 4. The molecule has 0 unspecified atom stereocenters. The van der Waals surface area contributed by atoms with Crippen molar-refractivity contribution in [3.8, 4) is 0 Å². The SMILES string of the molecule is CCc1ccc(CC)c(C(=O)c2ccc(F)cc2F)c1. The summed E-state index contributed by atoms with van der Waals surface area (Å²) < 4.78 is 26.7. The van der Waals surface area contributed by atoms with E-state index in [0.717, 1.165) is 29.7 Å². The number of carbonyl (C=O) groups excluding carboxylic acids is 1. The van der Waals surface area contributed by atoms with Crippen molar-refractivity contribution in [2.75, 3.05) is 0 Å². The molecule has 0 saturated heterocycles. The quantitative estimate of drug-likeness (QED) is 0.759. The third-order valence-electron chi connectivity index (χ3n) is 3.38. The summed E-state index contributed by atoms with van der Waals surface area (Å²) in [6, 6.07) is 8.70. The lowest BCUT2D eigenvalue weighted by Gasteiger charge is -2.10. The van der Waals surface area contributed by atoms with Crippen LogP contribution in [0.3, 0.4) is 0 Å². The molecule has 0 amide bonds. The van der Waals surface area contributed by atoms with Crippen LogP contribution in [-0.2, 0) is 12.8 Å². The number of hydrogen-bond acceptors (Lipinski definition) is 1. The fourth-order valence-electron chi connectivity index (χ4n) is 2.18. The topological polar surface area (TPSA) is 17.1 Å². The van der Waals surface area contributed by atoms with Crippen LogP contribution in [0, 0.1) is 11.6 Å². The first-order valence-corrected chi connectivity index (χ1v) is 6.68. The summed E-state index contributed by atoms with van der Waals surface area (Å²) in [5.41, 5.74) is 2.30. The normalized spacial score (nSPS) is 10.6. The second kappa shape index (κ2) is 5.95. The van der Waals surface area contributed by atoms with Crippen molar-refractivity contribution in [1.82, 2.24) is 0 Å². The highest BCUT2D eigenvalue weighted by atomic mass is 19.1. The molecule has 0 atom stereocenters. The van der Waals surface area contributed by atoms with Gasteiger partial charge in [0.15, 0.2) is 5.78 Å². The maximum Gasteiger partial charge on any atom is 0.196 e. The van der Waals surface area contributed by atoms with Gasteiger partial charge in [0.05, 0.1) is 5.56 Å². The molecule has 0 saturated carbocycles. The maximum atomic E-state index is 13.7. The van der Waals surface area contributed by atoms with Crippen molar-refractivity contribution in [1.29, 1.82) is 0 Å². The predicted octanol–water partition coefficient (Wildman–Crippen LogP) is 4.32. The summed E-state index contributed by atoms with van der Waals surface area (Å²) in [4.78, 5) is 12.5. The van der Waals surface area contributed by atoms with Gasteiger partial charge in [0.25, 0.3) is 0 Å². The first kappa shape index (κ1) is 14.4. The van der Waals surface area contributed by atoms with Gasteiger partial charge in [-0.3, -0.25) is 4.79 Å². The van der Waals surface area contributed by atoms with Crippen LogP contribution in [0.2, 0.25) is 0 Å². The van der Waals surface area contributed by atoms with E-state index < -0.39 is 17.4 Å². The third-order valence-corrected chi connectivity index (χ3v) is 3.38. The van der Waals surface area contributed by atoms with Gasteiger partial charge in [-0.15, -0.1) is 0 Å². The summed E-state index contributed by atoms with van der Waals surface area (Å²) in [6.45, 7) is 3.94. The van der Waals surface area contributed by atoms with Gasteiger partial charge in [0.2, 0.25) is 0 Å². The molecule has 0 radical (unpaired) electrons. The van der Waals surface area contributed by atoms with Gasteiger partial charge >= 0.3 is 0 Å². The Morgan fingerprint density at radius 3 is 2.30 bits per heavy atom. The Kier molecular flexibility index (Phi) is 4.28. The zero-order valence-corrected chi connectivity index (χ0v) is 11.5. The predicted molar refractivity (Wildman–Crippen MR) is 75.0 cm³/mol. The first-order valence-electron chi connectivity index (χ1n) is 6.68. The first-order chi connectivity index (χ1) is 9.56. The second-order valence-corrected chi connectivity index (χ2v) is 4.65. The molecule has 0 spiro atoms. The summed E-state index contributed by atoms with van der Waals surface area (Å²) in [5, 5.41) is 0. The van der Waals surface area contributed by atoms with Crippen LogP contribution in [-0.4, -0.2) is 5.78 Å². The number of benzene rings is 2. The highest BCUT2D eigenvalue weighted by molar-refractivity contribution is 6.10. The summed E-state index contributed by atoms with van der Waals surface area (Å²) in [5.74, 6) is -1.90. The zero-order valence-electron chi connectivity index (χ0n) is 11.5. The molecule has 0 N–H and O–H groups in total. The van der Waals surface area contributed by atoms with Gasteiger partial charge in [-0.2, -0.15) is 0 Å². The lowest BCUT2D eigenvalue weighted by atomic mass is 9.94. The molecule has 0 fully saturated rings. The van der Waals surface area contributed by atoms with E-state index in [1.165, 1.54) is 6.07 Å². The minimum absolute atomic E-state index is 0.0886. The molecule has 20 heavy (non-hydrogen) atoms. The van der Waals surface area contributed by atoms with E-state index in [0.29, 0.717) is 12.0 Å². The minimum atomic E-state index is -0.820. The number of ketones is 1. The minimum Gasteiger partial charge on any atom is -0.288 e. The Bertz CT molecular complexity index is 647. The van der Waals surface area contributed by atoms with E-state index >= 15 is 0 Å².